The van der Waals surface area contributed by atoms with Crippen molar-refractivity contribution in [2.24, 2.45) is 4.99 Å². The fourth-order valence-corrected chi connectivity index (χ4v) is 1.39. The lowest BCUT2D eigenvalue weighted by atomic mass is 10.6. The van der Waals surface area contributed by atoms with Gasteiger partial charge in [0.25, 0.3) is 0 Å². The average molecular weight is 241 g/mol. The van der Waals surface area contributed by atoms with E-state index in [1.807, 2.05) is 0 Å². The van der Waals surface area contributed by atoms with Crippen LogP contribution in [0.25, 0.3) is 0 Å². The summed E-state index contributed by atoms with van der Waals surface area (Å²) in [6.45, 7) is 0.260. The molecule has 0 saturated heterocycles. The highest BCUT2D eigenvalue weighted by atomic mass is 32.2. The molecule has 0 aliphatic heterocycles. The number of nitrogens with one attached hydrogen (secondary N) is 2. The molecule has 88 valence electrons. The average Bonchev–Trinajstić information content (AvgIpc) is 2.92. The normalized spacial score (nSPS) is 17.7. The lowest BCUT2D eigenvalue weighted by Gasteiger charge is -2.11. The molecule has 1 aliphatic carbocycles. The molecular weight excluding hydrogens is 227 g/mol. The van der Waals surface area contributed by atoms with Gasteiger partial charge in [0, 0.05) is 25.4 Å². The van der Waals surface area contributed by atoms with Gasteiger partial charge in [-0.15, -0.1) is 0 Å². The zero-order valence-corrected chi connectivity index (χ0v) is 9.21. The first-order valence-electron chi connectivity index (χ1n) is 4.69. The first kappa shape index (κ1) is 12.5. The molecule has 0 radical (unpaired) electrons. The monoisotopic (exact) mass is 241 g/mol. The van der Waals surface area contributed by atoms with Gasteiger partial charge >= 0.3 is 5.51 Å². The Bertz CT molecular complexity index is 226. The van der Waals surface area contributed by atoms with E-state index in [0.29, 0.717) is 12.0 Å². The lowest BCUT2D eigenvalue weighted by molar-refractivity contribution is -0.0327. The van der Waals surface area contributed by atoms with Gasteiger partial charge in [-0.05, 0) is 24.6 Å². The van der Waals surface area contributed by atoms with Crippen molar-refractivity contribution in [2.75, 3.05) is 19.3 Å². The summed E-state index contributed by atoms with van der Waals surface area (Å²) in [5, 5.41) is 5.92. The van der Waals surface area contributed by atoms with Gasteiger partial charge < -0.3 is 10.6 Å². The Hall–Kier alpha value is -0.590. The number of halogens is 3. The van der Waals surface area contributed by atoms with Gasteiger partial charge in [-0.25, -0.2) is 0 Å². The summed E-state index contributed by atoms with van der Waals surface area (Å²) >= 11 is -0.0247. The van der Waals surface area contributed by atoms with Crippen molar-refractivity contribution in [2.45, 2.75) is 24.4 Å². The van der Waals surface area contributed by atoms with E-state index in [9.17, 15) is 13.2 Å². The largest absolute Gasteiger partial charge is 0.441 e. The Balaban J connectivity index is 2.06. The molecule has 2 N–H and O–H groups in total. The van der Waals surface area contributed by atoms with Crippen molar-refractivity contribution in [3.63, 3.8) is 0 Å². The SMILES string of the molecule is CN=C(NCCSC(F)(F)F)NC1CC1. The van der Waals surface area contributed by atoms with Crippen molar-refractivity contribution in [1.82, 2.24) is 10.6 Å². The molecule has 0 atom stereocenters. The smallest absolute Gasteiger partial charge is 0.356 e. The Morgan fingerprint density at radius 2 is 2.13 bits per heavy atom. The molecule has 1 fully saturated rings. The zero-order chi connectivity index (χ0) is 11.3. The summed E-state index contributed by atoms with van der Waals surface area (Å²) in [7, 11) is 1.61. The van der Waals surface area contributed by atoms with E-state index in [-0.39, 0.29) is 24.1 Å². The van der Waals surface area contributed by atoms with Crippen LogP contribution >= 0.6 is 11.8 Å². The van der Waals surface area contributed by atoms with Crippen LogP contribution in [-0.4, -0.2) is 36.9 Å². The molecule has 3 nitrogen and oxygen atoms in total. The van der Waals surface area contributed by atoms with Crippen LogP contribution in [0.4, 0.5) is 13.2 Å². The number of rotatable bonds is 4. The van der Waals surface area contributed by atoms with Crippen LogP contribution in [0, 0.1) is 0 Å². The van der Waals surface area contributed by atoms with Gasteiger partial charge in [-0.1, -0.05) is 0 Å². The Morgan fingerprint density at radius 1 is 1.47 bits per heavy atom. The van der Waals surface area contributed by atoms with Crippen LogP contribution in [0.3, 0.4) is 0 Å². The van der Waals surface area contributed by atoms with Crippen molar-refractivity contribution >= 4 is 17.7 Å². The van der Waals surface area contributed by atoms with Crippen molar-refractivity contribution in [3.05, 3.63) is 0 Å². The first-order valence-corrected chi connectivity index (χ1v) is 5.67. The standard InChI is InChI=1S/C8H14F3N3S/c1-12-7(14-6-2-3-6)13-4-5-15-8(9,10)11/h6H,2-5H2,1H3,(H2,12,13,14). The third-order valence-corrected chi connectivity index (χ3v) is 2.54. The van der Waals surface area contributed by atoms with Crippen LogP contribution in [-0.2, 0) is 0 Å². The van der Waals surface area contributed by atoms with Crippen LogP contribution in [0.5, 0.6) is 0 Å². The number of aliphatic imine (C=N–C) groups is 1. The predicted molar refractivity (Wildman–Crippen MR) is 56.0 cm³/mol. The van der Waals surface area contributed by atoms with Crippen LogP contribution in [0.1, 0.15) is 12.8 Å². The predicted octanol–water partition coefficient (Wildman–Crippen LogP) is 1.57. The molecule has 0 heterocycles. The number of hydrogen-bond donors (Lipinski definition) is 2. The van der Waals surface area contributed by atoms with E-state index in [1.165, 1.54) is 0 Å². The fourth-order valence-electron chi connectivity index (χ4n) is 0.952. The van der Waals surface area contributed by atoms with E-state index in [2.05, 4.69) is 15.6 Å². The Kier molecular flexibility index (Phi) is 4.56. The minimum atomic E-state index is -4.14. The van der Waals surface area contributed by atoms with Gasteiger partial charge in [-0.2, -0.15) is 13.2 Å². The van der Waals surface area contributed by atoms with Gasteiger partial charge in [-0.3, -0.25) is 4.99 Å². The quantitative estimate of drug-likeness (QED) is 0.445. The van der Waals surface area contributed by atoms with Crippen molar-refractivity contribution < 1.29 is 13.2 Å². The third-order valence-electron chi connectivity index (χ3n) is 1.80. The number of hydrogen-bond acceptors (Lipinski definition) is 2. The number of guanidine groups is 1. The minimum absolute atomic E-state index is 0.00509. The Labute approximate surface area is 90.9 Å². The van der Waals surface area contributed by atoms with E-state index in [4.69, 9.17) is 0 Å². The lowest BCUT2D eigenvalue weighted by Crippen LogP contribution is -2.39. The zero-order valence-electron chi connectivity index (χ0n) is 8.40. The van der Waals surface area contributed by atoms with Crippen LogP contribution in [0.15, 0.2) is 4.99 Å². The van der Waals surface area contributed by atoms with E-state index in [0.717, 1.165) is 12.8 Å². The molecule has 0 bridgehead atoms. The molecule has 0 spiro atoms. The number of alkyl halides is 3. The van der Waals surface area contributed by atoms with Gasteiger partial charge in [0.05, 0.1) is 0 Å². The summed E-state index contributed by atoms with van der Waals surface area (Å²) in [5.74, 6) is 0.578. The summed E-state index contributed by atoms with van der Waals surface area (Å²) in [6.07, 6.45) is 2.22. The second-order valence-corrected chi connectivity index (χ2v) is 4.37. The highest BCUT2D eigenvalue weighted by molar-refractivity contribution is 8.00. The number of nitrogens with zero attached hydrogens (tertiary/aromatic N) is 1. The summed E-state index contributed by atoms with van der Waals surface area (Å²) in [4.78, 5) is 3.91. The van der Waals surface area contributed by atoms with Crippen LogP contribution in [0.2, 0.25) is 0 Å². The molecule has 0 aromatic heterocycles. The molecular formula is C8H14F3N3S. The van der Waals surface area contributed by atoms with Crippen molar-refractivity contribution in [3.8, 4) is 0 Å². The Morgan fingerprint density at radius 3 is 2.60 bits per heavy atom. The molecule has 1 aliphatic rings. The maximum absolute atomic E-state index is 11.8. The molecule has 15 heavy (non-hydrogen) atoms. The van der Waals surface area contributed by atoms with Crippen molar-refractivity contribution in [1.29, 1.82) is 0 Å². The minimum Gasteiger partial charge on any atom is -0.356 e. The van der Waals surface area contributed by atoms with Gasteiger partial charge in [0.1, 0.15) is 0 Å². The number of thioether (sulfide) groups is 1. The molecule has 0 aromatic rings. The fraction of sp³-hybridized carbons (Fsp3) is 0.875. The molecule has 7 heteroatoms. The van der Waals surface area contributed by atoms with E-state index < -0.39 is 5.51 Å². The van der Waals surface area contributed by atoms with Gasteiger partial charge in [0.2, 0.25) is 0 Å². The molecule has 0 amide bonds. The van der Waals surface area contributed by atoms with Gasteiger partial charge in [0.15, 0.2) is 5.96 Å². The summed E-state index contributed by atoms with van der Waals surface area (Å²) in [5.41, 5.74) is -4.14. The summed E-state index contributed by atoms with van der Waals surface area (Å²) in [6, 6.07) is 0.450. The van der Waals surface area contributed by atoms with E-state index in [1.54, 1.807) is 7.05 Å². The molecule has 0 aromatic carbocycles. The highest BCUT2D eigenvalue weighted by Gasteiger charge is 2.27. The van der Waals surface area contributed by atoms with Crippen LogP contribution < -0.4 is 10.6 Å². The maximum atomic E-state index is 11.8. The highest BCUT2D eigenvalue weighted by Crippen LogP contribution is 2.29. The third kappa shape index (κ3) is 6.48. The second kappa shape index (κ2) is 5.48. The van der Waals surface area contributed by atoms with E-state index >= 15 is 0 Å². The summed E-state index contributed by atoms with van der Waals surface area (Å²) < 4.78 is 35.3. The maximum Gasteiger partial charge on any atom is 0.441 e. The first-order chi connectivity index (χ1) is 7.01. The second-order valence-electron chi connectivity index (χ2n) is 3.21. The molecule has 0 unspecified atom stereocenters. The molecule has 1 saturated carbocycles. The molecule has 1 rings (SSSR count). The topological polar surface area (TPSA) is 36.4 Å².